The molecule has 3 rings (SSSR count). The Morgan fingerprint density at radius 2 is 1.89 bits per heavy atom. The summed E-state index contributed by atoms with van der Waals surface area (Å²) in [6.45, 7) is 0. The van der Waals surface area contributed by atoms with Crippen molar-refractivity contribution in [2.75, 3.05) is 5.73 Å². The van der Waals surface area contributed by atoms with Gasteiger partial charge in [0, 0.05) is 12.6 Å². The molecule has 0 bridgehead atoms. The maximum atomic E-state index is 9.30. The van der Waals surface area contributed by atoms with E-state index in [1.165, 1.54) is 6.33 Å². The molecule has 0 amide bonds. The van der Waals surface area contributed by atoms with E-state index in [0.717, 1.165) is 10.9 Å². The van der Waals surface area contributed by atoms with Gasteiger partial charge in [-0.05, 0) is 24.3 Å². The van der Waals surface area contributed by atoms with Gasteiger partial charge in [-0.3, -0.25) is 0 Å². The lowest BCUT2D eigenvalue weighted by Crippen LogP contribution is -1.95. The van der Waals surface area contributed by atoms with Crippen LogP contribution in [0.3, 0.4) is 0 Å². The summed E-state index contributed by atoms with van der Waals surface area (Å²) in [7, 11) is 1.80. The molecule has 3 N–H and O–H groups in total. The summed E-state index contributed by atoms with van der Waals surface area (Å²) >= 11 is 0. The topological polar surface area (TPSA) is 89.8 Å². The summed E-state index contributed by atoms with van der Waals surface area (Å²) in [5.74, 6) is 0.611. The van der Waals surface area contributed by atoms with Crippen LogP contribution in [-0.2, 0) is 7.05 Å². The van der Waals surface area contributed by atoms with Crippen molar-refractivity contribution in [1.82, 2.24) is 19.7 Å². The van der Waals surface area contributed by atoms with Crippen LogP contribution in [0.15, 0.2) is 30.6 Å². The number of anilines is 1. The van der Waals surface area contributed by atoms with Crippen LogP contribution in [0.5, 0.6) is 5.75 Å². The van der Waals surface area contributed by atoms with Crippen molar-refractivity contribution in [3.05, 3.63) is 30.6 Å². The zero-order valence-electron chi connectivity index (χ0n) is 9.70. The molecule has 0 unspecified atom stereocenters. The number of rotatable bonds is 1. The number of benzene rings is 1. The molecule has 0 atom stereocenters. The molecule has 2 aromatic heterocycles. The van der Waals surface area contributed by atoms with Gasteiger partial charge in [-0.15, -0.1) is 0 Å². The summed E-state index contributed by atoms with van der Waals surface area (Å²) in [5, 5.41) is 14.4. The number of aryl methyl sites for hydroxylation is 1. The molecule has 0 saturated carbocycles. The monoisotopic (exact) mass is 241 g/mol. The average molecular weight is 241 g/mol. The molecule has 0 aliphatic carbocycles. The molecule has 18 heavy (non-hydrogen) atoms. The summed E-state index contributed by atoms with van der Waals surface area (Å²) in [6.07, 6.45) is 1.42. The second-order valence-corrected chi connectivity index (χ2v) is 3.98. The second kappa shape index (κ2) is 3.69. The average Bonchev–Trinajstić information content (AvgIpc) is 2.70. The molecule has 0 spiro atoms. The van der Waals surface area contributed by atoms with Gasteiger partial charge < -0.3 is 10.8 Å². The molecule has 6 heteroatoms. The Morgan fingerprint density at radius 3 is 2.61 bits per heavy atom. The zero-order valence-corrected chi connectivity index (χ0v) is 9.70. The van der Waals surface area contributed by atoms with Crippen LogP contribution < -0.4 is 5.73 Å². The van der Waals surface area contributed by atoms with Crippen LogP contribution in [0.25, 0.3) is 22.3 Å². The van der Waals surface area contributed by atoms with E-state index in [1.807, 2.05) is 0 Å². The highest BCUT2D eigenvalue weighted by atomic mass is 16.3. The van der Waals surface area contributed by atoms with Crippen LogP contribution in [-0.4, -0.2) is 24.9 Å². The first-order chi connectivity index (χ1) is 8.66. The third kappa shape index (κ3) is 1.46. The summed E-state index contributed by atoms with van der Waals surface area (Å²) in [6, 6.07) is 6.78. The molecule has 2 heterocycles. The molecule has 0 fully saturated rings. The van der Waals surface area contributed by atoms with Crippen molar-refractivity contribution in [2.24, 2.45) is 7.05 Å². The highest BCUT2D eigenvalue weighted by molar-refractivity contribution is 5.98. The molecule has 0 radical (unpaired) electrons. The largest absolute Gasteiger partial charge is 0.508 e. The maximum absolute atomic E-state index is 9.30. The molecule has 0 aliphatic rings. The molecule has 90 valence electrons. The predicted octanol–water partition coefficient (Wildman–Crippen LogP) is 1.32. The Kier molecular flexibility index (Phi) is 2.16. The minimum absolute atomic E-state index is 0.211. The van der Waals surface area contributed by atoms with Gasteiger partial charge in [0.25, 0.3) is 0 Å². The van der Waals surface area contributed by atoms with Gasteiger partial charge in [0.1, 0.15) is 23.6 Å². The lowest BCUT2D eigenvalue weighted by Gasteiger charge is -1.99. The molecular formula is C12H11N5O. The lowest BCUT2D eigenvalue weighted by molar-refractivity contribution is 0.475. The standard InChI is InChI=1S/C12H11N5O/c1-17-12-9(11(13)14-6-15-12)10(16-17)7-2-4-8(18)5-3-7/h2-6,18H,1H3,(H2,13,14,15). The molecule has 6 nitrogen and oxygen atoms in total. The number of fused-ring (bicyclic) bond motifs is 1. The van der Waals surface area contributed by atoms with E-state index in [0.29, 0.717) is 17.2 Å². The molecular weight excluding hydrogens is 230 g/mol. The van der Waals surface area contributed by atoms with E-state index < -0.39 is 0 Å². The number of phenolic OH excluding ortho intramolecular Hbond substituents is 1. The number of nitrogen functional groups attached to an aromatic ring is 1. The van der Waals surface area contributed by atoms with Crippen molar-refractivity contribution in [1.29, 1.82) is 0 Å². The first kappa shape index (κ1) is 10.5. The number of hydrogen-bond donors (Lipinski definition) is 2. The van der Waals surface area contributed by atoms with E-state index in [9.17, 15) is 5.11 Å². The molecule has 3 aromatic rings. The van der Waals surface area contributed by atoms with Crippen molar-refractivity contribution in [3.8, 4) is 17.0 Å². The van der Waals surface area contributed by atoms with Crippen molar-refractivity contribution < 1.29 is 5.11 Å². The van der Waals surface area contributed by atoms with Gasteiger partial charge in [-0.25, -0.2) is 14.6 Å². The quantitative estimate of drug-likeness (QED) is 0.670. The first-order valence-corrected chi connectivity index (χ1v) is 5.39. The minimum Gasteiger partial charge on any atom is -0.508 e. The fourth-order valence-corrected chi connectivity index (χ4v) is 1.93. The Labute approximate surface area is 103 Å². The van der Waals surface area contributed by atoms with E-state index in [1.54, 1.807) is 36.0 Å². The fourth-order valence-electron chi connectivity index (χ4n) is 1.93. The van der Waals surface area contributed by atoms with E-state index in [-0.39, 0.29) is 5.75 Å². The SMILES string of the molecule is Cn1nc(-c2ccc(O)cc2)c2c(N)ncnc21. The summed E-state index contributed by atoms with van der Waals surface area (Å²) in [5.41, 5.74) is 8.14. The van der Waals surface area contributed by atoms with Crippen molar-refractivity contribution in [3.63, 3.8) is 0 Å². The molecule has 0 aliphatic heterocycles. The van der Waals surface area contributed by atoms with E-state index in [2.05, 4.69) is 15.1 Å². The van der Waals surface area contributed by atoms with Crippen LogP contribution in [0, 0.1) is 0 Å². The van der Waals surface area contributed by atoms with Gasteiger partial charge >= 0.3 is 0 Å². The van der Waals surface area contributed by atoms with Crippen LogP contribution in [0.4, 0.5) is 5.82 Å². The number of aromatic hydroxyl groups is 1. The van der Waals surface area contributed by atoms with E-state index in [4.69, 9.17) is 5.73 Å². The fraction of sp³-hybridized carbons (Fsp3) is 0.0833. The summed E-state index contributed by atoms with van der Waals surface area (Å²) < 4.78 is 1.66. The number of phenols is 1. The van der Waals surface area contributed by atoms with Crippen molar-refractivity contribution in [2.45, 2.75) is 0 Å². The molecule has 0 saturated heterocycles. The second-order valence-electron chi connectivity index (χ2n) is 3.98. The number of hydrogen-bond acceptors (Lipinski definition) is 5. The number of aromatic nitrogens is 4. The smallest absolute Gasteiger partial charge is 0.163 e. The Morgan fingerprint density at radius 1 is 1.17 bits per heavy atom. The Balaban J connectivity index is 2.32. The summed E-state index contributed by atoms with van der Waals surface area (Å²) in [4.78, 5) is 8.15. The van der Waals surface area contributed by atoms with Crippen LogP contribution >= 0.6 is 0 Å². The predicted molar refractivity (Wildman–Crippen MR) is 67.8 cm³/mol. The van der Waals surface area contributed by atoms with Crippen molar-refractivity contribution >= 4 is 16.9 Å². The third-order valence-electron chi connectivity index (χ3n) is 2.79. The minimum atomic E-state index is 0.211. The molecule has 1 aromatic carbocycles. The highest BCUT2D eigenvalue weighted by Gasteiger charge is 2.14. The Bertz CT molecular complexity index is 717. The Hall–Kier alpha value is -2.63. The first-order valence-electron chi connectivity index (χ1n) is 5.39. The van der Waals surface area contributed by atoms with Gasteiger partial charge in [0.2, 0.25) is 0 Å². The van der Waals surface area contributed by atoms with E-state index >= 15 is 0 Å². The zero-order chi connectivity index (χ0) is 12.7. The highest BCUT2D eigenvalue weighted by Crippen LogP contribution is 2.30. The van der Waals surface area contributed by atoms with Gasteiger partial charge in [0.15, 0.2) is 5.65 Å². The van der Waals surface area contributed by atoms with Gasteiger partial charge in [0.05, 0.1) is 5.39 Å². The van der Waals surface area contributed by atoms with Crippen LogP contribution in [0.1, 0.15) is 0 Å². The van der Waals surface area contributed by atoms with Gasteiger partial charge in [-0.2, -0.15) is 5.10 Å². The number of nitrogens with zero attached hydrogens (tertiary/aromatic N) is 4. The number of nitrogens with two attached hydrogens (primary N) is 1. The normalized spacial score (nSPS) is 10.9. The van der Waals surface area contributed by atoms with Gasteiger partial charge in [-0.1, -0.05) is 0 Å². The lowest BCUT2D eigenvalue weighted by atomic mass is 10.1. The maximum Gasteiger partial charge on any atom is 0.163 e. The van der Waals surface area contributed by atoms with Crippen LogP contribution in [0.2, 0.25) is 0 Å². The third-order valence-corrected chi connectivity index (χ3v) is 2.79.